The number of hydrogen-bond acceptors (Lipinski definition) is 5. The van der Waals surface area contributed by atoms with E-state index in [-0.39, 0.29) is 24.0 Å². The van der Waals surface area contributed by atoms with Crippen LogP contribution >= 0.6 is 0 Å². The zero-order valence-corrected chi connectivity index (χ0v) is 15.9. The fraction of sp³-hybridized carbons (Fsp3) is 0.500. The van der Waals surface area contributed by atoms with Crippen molar-refractivity contribution >= 4 is 5.91 Å². The van der Waals surface area contributed by atoms with E-state index in [1.54, 1.807) is 0 Å². The van der Waals surface area contributed by atoms with Crippen molar-refractivity contribution in [3.63, 3.8) is 0 Å². The first-order valence-corrected chi connectivity index (χ1v) is 9.53. The molecule has 1 saturated heterocycles. The van der Waals surface area contributed by atoms with Crippen molar-refractivity contribution in [3.8, 4) is 17.1 Å². The Balaban J connectivity index is 1.67. The summed E-state index contributed by atoms with van der Waals surface area (Å²) in [5.41, 5.74) is 0.717. The molecule has 7 heteroatoms. The number of hydrogen-bond donors (Lipinski definition) is 1. The number of carbonyl (C=O) groups excluding carboxylic acids is 1. The Bertz CT molecular complexity index is 841. The third-order valence-corrected chi connectivity index (χ3v) is 4.53. The summed E-state index contributed by atoms with van der Waals surface area (Å²) in [6.45, 7) is 5.53. The van der Waals surface area contributed by atoms with Gasteiger partial charge in [-0.25, -0.2) is 0 Å². The highest BCUT2D eigenvalue weighted by atomic mass is 16.5. The van der Waals surface area contributed by atoms with Gasteiger partial charge in [-0.3, -0.25) is 9.59 Å². The summed E-state index contributed by atoms with van der Waals surface area (Å²) >= 11 is 0. The molecule has 2 heterocycles. The summed E-state index contributed by atoms with van der Waals surface area (Å²) in [5, 5.41) is 8.19. The first kappa shape index (κ1) is 19.1. The van der Waals surface area contributed by atoms with Gasteiger partial charge in [0.15, 0.2) is 5.82 Å². The summed E-state index contributed by atoms with van der Waals surface area (Å²) in [4.78, 5) is 29.2. The molecule has 1 aliphatic heterocycles. The predicted octanol–water partition coefficient (Wildman–Crippen LogP) is 2.56. The van der Waals surface area contributed by atoms with Gasteiger partial charge in [0.2, 0.25) is 5.91 Å². The molecule has 0 bridgehead atoms. The van der Waals surface area contributed by atoms with Gasteiger partial charge in [0.25, 0.3) is 5.56 Å². The van der Waals surface area contributed by atoms with Crippen molar-refractivity contribution < 1.29 is 9.53 Å². The van der Waals surface area contributed by atoms with Gasteiger partial charge < -0.3 is 14.6 Å². The Kier molecular flexibility index (Phi) is 6.21. The number of amides is 1. The maximum Gasteiger partial charge on any atom is 0.273 e. The second kappa shape index (κ2) is 8.79. The number of H-pyrrole nitrogens is 1. The Morgan fingerprint density at radius 1 is 1.22 bits per heavy atom. The van der Waals surface area contributed by atoms with Crippen LogP contribution in [0.25, 0.3) is 11.4 Å². The molecule has 0 atom stereocenters. The first-order valence-electron chi connectivity index (χ1n) is 9.53. The molecule has 2 aromatic rings. The molecule has 0 radical (unpaired) electrons. The van der Waals surface area contributed by atoms with E-state index in [1.807, 2.05) is 43.0 Å². The van der Waals surface area contributed by atoms with Gasteiger partial charge in [0.1, 0.15) is 11.4 Å². The molecular formula is C20H26N4O3. The Morgan fingerprint density at radius 3 is 2.70 bits per heavy atom. The van der Waals surface area contributed by atoms with Crippen LogP contribution in [0.15, 0.2) is 29.1 Å². The van der Waals surface area contributed by atoms with Gasteiger partial charge >= 0.3 is 0 Å². The minimum atomic E-state index is -0.304. The van der Waals surface area contributed by atoms with Crippen molar-refractivity contribution in [2.75, 3.05) is 13.1 Å². The van der Waals surface area contributed by atoms with Crippen LogP contribution in [0.2, 0.25) is 0 Å². The monoisotopic (exact) mass is 370 g/mol. The number of nitrogens with zero attached hydrogens (tertiary/aromatic N) is 3. The Morgan fingerprint density at radius 2 is 2.00 bits per heavy atom. The largest absolute Gasteiger partial charge is 0.491 e. The fourth-order valence-electron chi connectivity index (χ4n) is 3.17. The highest BCUT2D eigenvalue weighted by molar-refractivity contribution is 5.76. The maximum atomic E-state index is 12.4. The number of nitrogens with one attached hydrogen (secondary N) is 1. The van der Waals surface area contributed by atoms with Crippen molar-refractivity contribution in [3.05, 3.63) is 40.3 Å². The summed E-state index contributed by atoms with van der Waals surface area (Å²) in [6, 6.07) is 7.36. The smallest absolute Gasteiger partial charge is 0.273 e. The van der Waals surface area contributed by atoms with E-state index < -0.39 is 0 Å². The topological polar surface area (TPSA) is 88.2 Å². The minimum Gasteiger partial charge on any atom is -0.491 e. The lowest BCUT2D eigenvalue weighted by atomic mass is 10.1. The molecule has 1 aliphatic rings. The number of carbonyl (C=O) groups is 1. The number of benzene rings is 1. The van der Waals surface area contributed by atoms with Crippen molar-refractivity contribution in [1.82, 2.24) is 20.1 Å². The van der Waals surface area contributed by atoms with E-state index in [9.17, 15) is 9.59 Å². The van der Waals surface area contributed by atoms with Crippen LogP contribution in [0.3, 0.4) is 0 Å². The molecule has 27 heavy (non-hydrogen) atoms. The quantitative estimate of drug-likeness (QED) is 0.844. The second-order valence-corrected chi connectivity index (χ2v) is 7.09. The van der Waals surface area contributed by atoms with Crippen LogP contribution in [0.4, 0.5) is 0 Å². The summed E-state index contributed by atoms with van der Waals surface area (Å²) in [7, 11) is 0. The zero-order chi connectivity index (χ0) is 19.2. The Labute approximate surface area is 158 Å². The van der Waals surface area contributed by atoms with Gasteiger partial charge in [-0.1, -0.05) is 12.1 Å². The predicted molar refractivity (Wildman–Crippen MR) is 103 cm³/mol. The SMILES string of the molecule is CC(C)Oc1cccc(-c2nnc(CCC(=O)N3CCCCC3)c(=O)[nH]2)c1. The molecule has 0 unspecified atom stereocenters. The molecular weight excluding hydrogens is 344 g/mol. The molecule has 144 valence electrons. The molecule has 0 spiro atoms. The molecule has 0 saturated carbocycles. The molecule has 3 rings (SSSR count). The van der Waals surface area contributed by atoms with Crippen LogP contribution < -0.4 is 10.3 Å². The normalized spacial score (nSPS) is 14.4. The number of aromatic amines is 1. The van der Waals surface area contributed by atoms with Crippen LogP contribution in [0, 0.1) is 0 Å². The number of aryl methyl sites for hydroxylation is 1. The van der Waals surface area contributed by atoms with Gasteiger partial charge in [0.05, 0.1) is 6.10 Å². The number of ether oxygens (including phenoxy) is 1. The van der Waals surface area contributed by atoms with E-state index in [0.717, 1.165) is 31.5 Å². The van der Waals surface area contributed by atoms with Crippen LogP contribution in [-0.2, 0) is 11.2 Å². The van der Waals surface area contributed by atoms with E-state index in [4.69, 9.17) is 4.74 Å². The van der Waals surface area contributed by atoms with Gasteiger partial charge in [-0.15, -0.1) is 10.2 Å². The summed E-state index contributed by atoms with van der Waals surface area (Å²) < 4.78 is 5.67. The van der Waals surface area contributed by atoms with E-state index in [0.29, 0.717) is 23.7 Å². The van der Waals surface area contributed by atoms with Crippen molar-refractivity contribution in [2.45, 2.75) is 52.1 Å². The Hall–Kier alpha value is -2.70. The van der Waals surface area contributed by atoms with Crippen LogP contribution in [0.5, 0.6) is 5.75 Å². The lowest BCUT2D eigenvalue weighted by molar-refractivity contribution is -0.132. The average molecular weight is 370 g/mol. The van der Waals surface area contributed by atoms with Crippen LogP contribution in [-0.4, -0.2) is 45.2 Å². The second-order valence-electron chi connectivity index (χ2n) is 7.09. The number of likely N-dealkylation sites (tertiary alicyclic amines) is 1. The molecule has 1 aromatic heterocycles. The third kappa shape index (κ3) is 5.15. The number of piperidine rings is 1. The molecule has 1 aromatic carbocycles. The van der Waals surface area contributed by atoms with Gasteiger partial charge in [-0.05, 0) is 45.2 Å². The van der Waals surface area contributed by atoms with Crippen molar-refractivity contribution in [1.29, 1.82) is 0 Å². The van der Waals surface area contributed by atoms with E-state index >= 15 is 0 Å². The third-order valence-electron chi connectivity index (χ3n) is 4.53. The first-order chi connectivity index (χ1) is 13.0. The summed E-state index contributed by atoms with van der Waals surface area (Å²) in [6.07, 6.45) is 3.94. The highest BCUT2D eigenvalue weighted by Gasteiger charge is 2.17. The lowest BCUT2D eigenvalue weighted by Crippen LogP contribution is -2.36. The standard InChI is InChI=1S/C20H26N4O3/c1-14(2)27-16-8-6-7-15(13-16)19-21-20(26)17(22-23-19)9-10-18(25)24-11-4-3-5-12-24/h6-8,13-14H,3-5,9-12H2,1-2H3,(H,21,23,26). The maximum absolute atomic E-state index is 12.4. The van der Waals surface area contributed by atoms with E-state index in [1.165, 1.54) is 6.42 Å². The zero-order valence-electron chi connectivity index (χ0n) is 15.9. The molecule has 1 amide bonds. The number of aromatic nitrogens is 3. The van der Waals surface area contributed by atoms with Crippen LogP contribution in [0.1, 0.15) is 45.2 Å². The minimum absolute atomic E-state index is 0.0604. The van der Waals surface area contributed by atoms with Gasteiger partial charge in [0, 0.05) is 31.5 Å². The fourth-order valence-corrected chi connectivity index (χ4v) is 3.17. The molecule has 7 nitrogen and oxygen atoms in total. The highest BCUT2D eigenvalue weighted by Crippen LogP contribution is 2.20. The lowest BCUT2D eigenvalue weighted by Gasteiger charge is -2.26. The molecule has 1 N–H and O–H groups in total. The molecule has 0 aliphatic carbocycles. The molecule has 1 fully saturated rings. The number of rotatable bonds is 6. The van der Waals surface area contributed by atoms with E-state index in [2.05, 4.69) is 15.2 Å². The summed E-state index contributed by atoms with van der Waals surface area (Å²) in [5.74, 6) is 1.18. The van der Waals surface area contributed by atoms with Crippen molar-refractivity contribution in [2.24, 2.45) is 0 Å². The average Bonchev–Trinajstić information content (AvgIpc) is 2.67. The van der Waals surface area contributed by atoms with Gasteiger partial charge in [-0.2, -0.15) is 0 Å².